The number of hydrogen-bond donors (Lipinski definition) is 2. The van der Waals surface area contributed by atoms with Crippen LogP contribution in [0.1, 0.15) is 69.9 Å². The second-order valence-electron chi connectivity index (χ2n) is 10.9. The lowest BCUT2D eigenvalue weighted by Gasteiger charge is -2.34. The summed E-state index contributed by atoms with van der Waals surface area (Å²) in [6.07, 6.45) is 1.03. The van der Waals surface area contributed by atoms with Gasteiger partial charge < -0.3 is 15.5 Å². The Morgan fingerprint density at radius 2 is 1.51 bits per heavy atom. The summed E-state index contributed by atoms with van der Waals surface area (Å²) < 4.78 is 39.2. The van der Waals surface area contributed by atoms with Crippen LogP contribution >= 0.6 is 0 Å². The van der Waals surface area contributed by atoms with Gasteiger partial charge in [-0.1, -0.05) is 68.8 Å². The van der Waals surface area contributed by atoms with Crippen LogP contribution in [0.3, 0.4) is 0 Å². The Bertz CT molecular complexity index is 1090. The quantitative estimate of drug-likeness (QED) is 0.351. The van der Waals surface area contributed by atoms with Crippen molar-refractivity contribution in [2.45, 2.75) is 76.4 Å². The molecule has 0 atom stereocenters. The van der Waals surface area contributed by atoms with Crippen LogP contribution in [0, 0.1) is 5.92 Å². The number of hydrogen-bond acceptors (Lipinski definition) is 3. The number of carbonyl (C=O) groups excluding carboxylic acids is 2. The highest BCUT2D eigenvalue weighted by molar-refractivity contribution is 6.00. The summed E-state index contributed by atoms with van der Waals surface area (Å²) in [6.45, 7) is 5.40. The molecule has 2 aromatic rings. The fraction of sp³-hybridized carbons (Fsp3) is 0.548. The summed E-state index contributed by atoms with van der Waals surface area (Å²) in [7, 11) is 0. The fourth-order valence-electron chi connectivity index (χ4n) is 6.29. The van der Waals surface area contributed by atoms with Crippen molar-refractivity contribution in [1.82, 2.24) is 15.5 Å². The van der Waals surface area contributed by atoms with Crippen LogP contribution in [-0.2, 0) is 15.0 Å². The molecule has 0 bridgehead atoms. The first-order valence-electron chi connectivity index (χ1n) is 14.3. The molecule has 0 radical (unpaired) electrons. The third-order valence-electron chi connectivity index (χ3n) is 8.47. The molecule has 1 aliphatic heterocycles. The average Bonchev–Trinajstić information content (AvgIpc) is 3.22. The molecule has 2 aliphatic rings. The molecule has 1 saturated heterocycles. The highest BCUT2D eigenvalue weighted by atomic mass is 19.4. The van der Waals surface area contributed by atoms with Crippen LogP contribution in [0.5, 0.6) is 0 Å². The molecular weight excluding hydrogens is 503 g/mol. The van der Waals surface area contributed by atoms with Crippen LogP contribution in [0.4, 0.5) is 13.2 Å². The zero-order chi connectivity index (χ0) is 28.0. The molecular formula is C31H40F3N3O2. The van der Waals surface area contributed by atoms with Crippen molar-refractivity contribution in [2.24, 2.45) is 5.92 Å². The second-order valence-corrected chi connectivity index (χ2v) is 10.9. The SMILES string of the molecule is CCC(CC)C(=O)NC1CCN(CCCCC2(C(=O)NCC(F)(F)F)c3ccccc3-c3ccccc32)CC1. The first-order chi connectivity index (χ1) is 18.7. The lowest BCUT2D eigenvalue weighted by atomic mass is 9.73. The van der Waals surface area contributed by atoms with Gasteiger partial charge in [-0.15, -0.1) is 0 Å². The van der Waals surface area contributed by atoms with E-state index in [9.17, 15) is 22.8 Å². The lowest BCUT2D eigenvalue weighted by Crippen LogP contribution is -2.47. The van der Waals surface area contributed by atoms with Gasteiger partial charge in [-0.2, -0.15) is 13.2 Å². The highest BCUT2D eigenvalue weighted by Crippen LogP contribution is 2.51. The predicted molar refractivity (Wildman–Crippen MR) is 147 cm³/mol. The van der Waals surface area contributed by atoms with E-state index in [1.807, 2.05) is 62.4 Å². The molecule has 0 spiro atoms. The minimum Gasteiger partial charge on any atom is -0.353 e. The zero-order valence-electron chi connectivity index (χ0n) is 22.9. The van der Waals surface area contributed by atoms with E-state index in [1.165, 1.54) is 0 Å². The third kappa shape index (κ3) is 6.48. The van der Waals surface area contributed by atoms with Gasteiger partial charge in [0.15, 0.2) is 0 Å². The Morgan fingerprint density at radius 1 is 0.949 bits per heavy atom. The predicted octanol–water partition coefficient (Wildman–Crippen LogP) is 5.82. The largest absolute Gasteiger partial charge is 0.405 e. The molecule has 0 unspecified atom stereocenters. The Kier molecular flexibility index (Phi) is 9.36. The lowest BCUT2D eigenvalue weighted by molar-refractivity contribution is -0.141. The molecule has 4 rings (SSSR count). The Hall–Kier alpha value is -2.87. The topological polar surface area (TPSA) is 61.4 Å². The van der Waals surface area contributed by atoms with Gasteiger partial charge in [-0.05, 0) is 67.3 Å². The van der Waals surface area contributed by atoms with Crippen molar-refractivity contribution in [3.05, 3.63) is 59.7 Å². The molecule has 8 heteroatoms. The van der Waals surface area contributed by atoms with Gasteiger partial charge in [0, 0.05) is 25.0 Å². The van der Waals surface area contributed by atoms with E-state index in [-0.39, 0.29) is 17.9 Å². The summed E-state index contributed by atoms with van der Waals surface area (Å²) in [4.78, 5) is 28.4. The standard InChI is InChI=1S/C31H40F3N3O2/c1-3-22(4-2)28(38)36-23-15-19-37(20-16-23)18-10-9-17-30(29(39)35-21-31(32,33)34)26-13-7-5-11-24(26)25-12-6-8-14-27(25)30/h5-8,11-14,22-23H,3-4,9-10,15-21H2,1-2H3,(H,35,39)(H,36,38). The van der Waals surface area contributed by atoms with Crippen molar-refractivity contribution in [1.29, 1.82) is 0 Å². The van der Waals surface area contributed by atoms with E-state index < -0.39 is 24.0 Å². The van der Waals surface area contributed by atoms with Crippen LogP contribution in [0.2, 0.25) is 0 Å². The number of amides is 2. The number of nitrogens with one attached hydrogen (secondary N) is 2. The van der Waals surface area contributed by atoms with E-state index in [0.717, 1.165) is 74.0 Å². The number of alkyl halides is 3. The maximum Gasteiger partial charge on any atom is 0.405 e. The van der Waals surface area contributed by atoms with Crippen LogP contribution in [0.25, 0.3) is 11.1 Å². The van der Waals surface area contributed by atoms with Crippen molar-refractivity contribution in [3.8, 4) is 11.1 Å². The van der Waals surface area contributed by atoms with Crippen LogP contribution in [-0.4, -0.2) is 55.1 Å². The molecule has 1 fully saturated rings. The number of nitrogens with zero attached hydrogens (tertiary/aromatic N) is 1. The molecule has 1 heterocycles. The van der Waals surface area contributed by atoms with Crippen LogP contribution in [0.15, 0.2) is 48.5 Å². The molecule has 0 saturated carbocycles. The van der Waals surface area contributed by atoms with Gasteiger partial charge in [-0.25, -0.2) is 0 Å². The number of benzene rings is 2. The van der Waals surface area contributed by atoms with Gasteiger partial charge in [0.05, 0.1) is 0 Å². The molecule has 5 nitrogen and oxygen atoms in total. The number of fused-ring (bicyclic) bond motifs is 3. The van der Waals surface area contributed by atoms with E-state index in [1.54, 1.807) is 0 Å². The number of halogens is 3. The number of rotatable bonds is 11. The fourth-order valence-corrected chi connectivity index (χ4v) is 6.29. The number of unbranched alkanes of at least 4 members (excludes halogenated alkanes) is 1. The Balaban J connectivity index is 1.40. The number of piperidine rings is 1. The van der Waals surface area contributed by atoms with Gasteiger partial charge in [-0.3, -0.25) is 9.59 Å². The zero-order valence-corrected chi connectivity index (χ0v) is 22.9. The minimum absolute atomic E-state index is 0.0783. The van der Waals surface area contributed by atoms with Crippen molar-refractivity contribution in [3.63, 3.8) is 0 Å². The van der Waals surface area contributed by atoms with Crippen LogP contribution < -0.4 is 10.6 Å². The molecule has 2 aromatic carbocycles. The molecule has 2 amide bonds. The average molecular weight is 544 g/mol. The molecule has 0 aromatic heterocycles. The van der Waals surface area contributed by atoms with Crippen molar-refractivity contribution < 1.29 is 22.8 Å². The number of likely N-dealkylation sites (tertiary alicyclic amines) is 1. The first-order valence-corrected chi connectivity index (χ1v) is 14.3. The maximum absolute atomic E-state index is 13.6. The van der Waals surface area contributed by atoms with Crippen molar-refractivity contribution >= 4 is 11.8 Å². The van der Waals surface area contributed by atoms with Crippen molar-refractivity contribution in [2.75, 3.05) is 26.2 Å². The summed E-state index contributed by atoms with van der Waals surface area (Å²) in [5, 5.41) is 5.42. The molecule has 212 valence electrons. The Labute approximate surface area is 229 Å². The Morgan fingerprint density at radius 3 is 2.05 bits per heavy atom. The molecule has 2 N–H and O–H groups in total. The smallest absolute Gasteiger partial charge is 0.353 e. The van der Waals surface area contributed by atoms with E-state index in [2.05, 4.69) is 15.5 Å². The third-order valence-corrected chi connectivity index (χ3v) is 8.47. The summed E-state index contributed by atoms with van der Waals surface area (Å²) in [5.74, 6) is -0.356. The normalized spacial score (nSPS) is 17.1. The maximum atomic E-state index is 13.6. The first kappa shape index (κ1) is 29.1. The van der Waals surface area contributed by atoms with Gasteiger partial charge >= 0.3 is 6.18 Å². The molecule has 1 aliphatic carbocycles. The molecule has 39 heavy (non-hydrogen) atoms. The van der Waals surface area contributed by atoms with E-state index >= 15 is 0 Å². The van der Waals surface area contributed by atoms with E-state index in [4.69, 9.17) is 0 Å². The highest BCUT2D eigenvalue weighted by Gasteiger charge is 2.49. The summed E-state index contributed by atoms with van der Waals surface area (Å²) >= 11 is 0. The second kappa shape index (κ2) is 12.5. The minimum atomic E-state index is -4.48. The monoisotopic (exact) mass is 543 g/mol. The van der Waals surface area contributed by atoms with E-state index in [0.29, 0.717) is 12.8 Å². The summed E-state index contributed by atoms with van der Waals surface area (Å²) in [5.41, 5.74) is 2.23. The van der Waals surface area contributed by atoms with Gasteiger partial charge in [0.1, 0.15) is 12.0 Å². The summed E-state index contributed by atoms with van der Waals surface area (Å²) in [6, 6.07) is 15.4. The van der Waals surface area contributed by atoms with Gasteiger partial charge in [0.25, 0.3) is 0 Å². The van der Waals surface area contributed by atoms with Gasteiger partial charge in [0.2, 0.25) is 11.8 Å². The number of carbonyl (C=O) groups is 2.